The zero-order valence-corrected chi connectivity index (χ0v) is 16.3. The monoisotopic (exact) mass is 403 g/mol. The number of methoxy groups -OCH3 is 1. The molecule has 3 rings (SSSR count). The number of aryl methyl sites for hydroxylation is 1. The van der Waals surface area contributed by atoms with E-state index in [1.165, 1.54) is 18.4 Å². The predicted molar refractivity (Wildman–Crippen MR) is 104 cm³/mol. The molecule has 1 N–H and O–H groups in total. The third-order valence-corrected chi connectivity index (χ3v) is 5.49. The van der Waals surface area contributed by atoms with Gasteiger partial charge >= 0.3 is 11.9 Å². The van der Waals surface area contributed by atoms with E-state index in [4.69, 9.17) is 14.2 Å². The highest BCUT2D eigenvalue weighted by atomic mass is 32.1. The highest BCUT2D eigenvalue weighted by molar-refractivity contribution is 7.17. The first-order valence-electron chi connectivity index (χ1n) is 8.94. The van der Waals surface area contributed by atoms with Crippen LogP contribution in [0.15, 0.2) is 30.3 Å². The average molecular weight is 403 g/mol. The van der Waals surface area contributed by atoms with Crippen LogP contribution in [-0.2, 0) is 31.9 Å². The minimum absolute atomic E-state index is 0.294. The fourth-order valence-electron chi connectivity index (χ4n) is 2.98. The van der Waals surface area contributed by atoms with Crippen LogP contribution in [0, 0.1) is 0 Å². The second-order valence-electron chi connectivity index (χ2n) is 6.22. The molecule has 0 fully saturated rings. The number of carbonyl (C=O) groups excluding carboxylic acids is 3. The minimum Gasteiger partial charge on any atom is -0.482 e. The molecule has 0 spiro atoms. The highest BCUT2D eigenvalue weighted by Gasteiger charge is 2.27. The third-order valence-electron chi connectivity index (χ3n) is 4.28. The van der Waals surface area contributed by atoms with Gasteiger partial charge in [-0.05, 0) is 43.4 Å². The van der Waals surface area contributed by atoms with Gasteiger partial charge in [-0.2, -0.15) is 0 Å². The van der Waals surface area contributed by atoms with E-state index in [0.717, 1.165) is 36.1 Å². The van der Waals surface area contributed by atoms with Crippen LogP contribution in [0.5, 0.6) is 5.75 Å². The fraction of sp³-hybridized carbons (Fsp3) is 0.350. The molecule has 2 aromatic rings. The second kappa shape index (κ2) is 9.36. The number of hydrogen-bond acceptors (Lipinski definition) is 7. The van der Waals surface area contributed by atoms with E-state index in [1.54, 1.807) is 24.3 Å². The van der Waals surface area contributed by atoms with Crippen molar-refractivity contribution in [1.29, 1.82) is 0 Å². The summed E-state index contributed by atoms with van der Waals surface area (Å²) < 4.78 is 15.1. The van der Waals surface area contributed by atoms with Crippen molar-refractivity contribution < 1.29 is 28.6 Å². The molecule has 0 bridgehead atoms. The Labute approximate surface area is 166 Å². The van der Waals surface area contributed by atoms with Crippen LogP contribution < -0.4 is 10.1 Å². The molecular weight excluding hydrogens is 382 g/mol. The second-order valence-corrected chi connectivity index (χ2v) is 7.32. The summed E-state index contributed by atoms with van der Waals surface area (Å²) in [4.78, 5) is 37.2. The molecule has 28 heavy (non-hydrogen) atoms. The van der Waals surface area contributed by atoms with Gasteiger partial charge in [0.05, 0.1) is 12.7 Å². The Kier molecular flexibility index (Phi) is 6.65. The molecule has 1 aliphatic rings. The maximum atomic E-state index is 12.2. The first kappa shape index (κ1) is 19.9. The number of nitrogens with one attached hydrogen (secondary N) is 1. The SMILES string of the molecule is COC(=O)c1c(NC(=O)COC(=O)COc2ccccc2)sc2c1CCCC2. The Morgan fingerprint density at radius 1 is 1.07 bits per heavy atom. The van der Waals surface area contributed by atoms with Gasteiger partial charge in [-0.25, -0.2) is 9.59 Å². The number of para-hydroxylation sites is 1. The summed E-state index contributed by atoms with van der Waals surface area (Å²) in [5, 5.41) is 3.12. The lowest BCUT2D eigenvalue weighted by Crippen LogP contribution is -2.24. The summed E-state index contributed by atoms with van der Waals surface area (Å²) in [5.41, 5.74) is 1.36. The number of hydrogen-bond donors (Lipinski definition) is 1. The molecule has 148 valence electrons. The minimum atomic E-state index is -0.655. The van der Waals surface area contributed by atoms with Gasteiger partial charge in [0, 0.05) is 4.88 Å². The van der Waals surface area contributed by atoms with Gasteiger partial charge in [0.15, 0.2) is 13.2 Å². The quantitative estimate of drug-likeness (QED) is 0.715. The molecule has 1 aliphatic carbocycles. The van der Waals surface area contributed by atoms with Gasteiger partial charge in [-0.15, -0.1) is 11.3 Å². The molecule has 8 heteroatoms. The Balaban J connectivity index is 1.55. The van der Waals surface area contributed by atoms with E-state index in [0.29, 0.717) is 16.3 Å². The maximum absolute atomic E-state index is 12.2. The molecule has 0 aliphatic heterocycles. The average Bonchev–Trinajstić information content (AvgIpc) is 3.08. The van der Waals surface area contributed by atoms with Gasteiger partial charge in [0.25, 0.3) is 5.91 Å². The van der Waals surface area contributed by atoms with E-state index in [1.807, 2.05) is 6.07 Å². The largest absolute Gasteiger partial charge is 0.482 e. The predicted octanol–water partition coefficient (Wildman–Crippen LogP) is 2.97. The first-order valence-corrected chi connectivity index (χ1v) is 9.76. The zero-order valence-electron chi connectivity index (χ0n) is 15.5. The summed E-state index contributed by atoms with van der Waals surface area (Å²) in [5.74, 6) is -1.10. The van der Waals surface area contributed by atoms with Gasteiger partial charge in [-0.3, -0.25) is 4.79 Å². The number of fused-ring (bicyclic) bond motifs is 1. The standard InChI is InChI=1S/C20H21NO6S/c1-25-20(24)18-14-9-5-6-10-15(14)28-19(18)21-16(22)11-27-17(23)12-26-13-7-3-2-4-8-13/h2-4,7-8H,5-6,9-12H2,1H3,(H,21,22). The van der Waals surface area contributed by atoms with E-state index >= 15 is 0 Å². The lowest BCUT2D eigenvalue weighted by molar-refractivity contribution is -0.149. The molecule has 7 nitrogen and oxygen atoms in total. The number of amides is 1. The van der Waals surface area contributed by atoms with E-state index in [9.17, 15) is 14.4 Å². The van der Waals surface area contributed by atoms with Gasteiger partial charge < -0.3 is 19.5 Å². The summed E-state index contributed by atoms with van der Waals surface area (Å²) in [6.45, 7) is -0.752. The number of anilines is 1. The van der Waals surface area contributed by atoms with Crippen LogP contribution in [0.1, 0.15) is 33.6 Å². The van der Waals surface area contributed by atoms with Gasteiger partial charge in [-0.1, -0.05) is 18.2 Å². The van der Waals surface area contributed by atoms with Crippen molar-refractivity contribution in [2.45, 2.75) is 25.7 Å². The number of carbonyl (C=O) groups is 3. The topological polar surface area (TPSA) is 90.9 Å². The van der Waals surface area contributed by atoms with E-state index < -0.39 is 24.5 Å². The molecule has 0 atom stereocenters. The Bertz CT molecular complexity index is 861. The Hall–Kier alpha value is -2.87. The fourth-order valence-corrected chi connectivity index (χ4v) is 4.27. The van der Waals surface area contributed by atoms with Crippen LogP contribution in [0.3, 0.4) is 0 Å². The number of esters is 2. The van der Waals surface area contributed by atoms with Crippen LogP contribution in [0.25, 0.3) is 0 Å². The molecule has 0 radical (unpaired) electrons. The normalized spacial score (nSPS) is 12.6. The smallest absolute Gasteiger partial charge is 0.344 e. The van der Waals surface area contributed by atoms with Crippen LogP contribution in [-0.4, -0.2) is 38.2 Å². The summed E-state index contributed by atoms with van der Waals surface area (Å²) in [7, 11) is 1.31. The molecule has 1 amide bonds. The van der Waals surface area contributed by atoms with Crippen molar-refractivity contribution >= 4 is 34.2 Å². The van der Waals surface area contributed by atoms with Gasteiger partial charge in [0.2, 0.25) is 0 Å². The highest BCUT2D eigenvalue weighted by Crippen LogP contribution is 2.38. The molecule has 1 aromatic heterocycles. The van der Waals surface area contributed by atoms with Crippen molar-refractivity contribution in [3.8, 4) is 5.75 Å². The van der Waals surface area contributed by atoms with Crippen molar-refractivity contribution in [3.05, 3.63) is 46.3 Å². The first-order chi connectivity index (χ1) is 13.6. The number of benzene rings is 1. The van der Waals surface area contributed by atoms with Crippen molar-refractivity contribution in [1.82, 2.24) is 0 Å². The third kappa shape index (κ3) is 4.89. The number of ether oxygens (including phenoxy) is 3. The Morgan fingerprint density at radius 2 is 1.82 bits per heavy atom. The van der Waals surface area contributed by atoms with Crippen LogP contribution >= 0.6 is 11.3 Å². The molecular formula is C20H21NO6S. The Morgan fingerprint density at radius 3 is 2.57 bits per heavy atom. The maximum Gasteiger partial charge on any atom is 0.344 e. The van der Waals surface area contributed by atoms with Crippen molar-refractivity contribution in [3.63, 3.8) is 0 Å². The van der Waals surface area contributed by atoms with Crippen LogP contribution in [0.4, 0.5) is 5.00 Å². The lowest BCUT2D eigenvalue weighted by Gasteiger charge is -2.11. The molecule has 0 saturated heterocycles. The summed E-state index contributed by atoms with van der Waals surface area (Å²) in [6.07, 6.45) is 3.73. The van der Waals surface area contributed by atoms with Crippen LogP contribution in [0.2, 0.25) is 0 Å². The lowest BCUT2D eigenvalue weighted by atomic mass is 9.95. The van der Waals surface area contributed by atoms with E-state index in [2.05, 4.69) is 5.32 Å². The molecule has 0 unspecified atom stereocenters. The summed E-state index contributed by atoms with van der Waals surface area (Å²) >= 11 is 1.38. The number of thiophene rings is 1. The van der Waals surface area contributed by atoms with Crippen molar-refractivity contribution in [2.75, 3.05) is 25.6 Å². The van der Waals surface area contributed by atoms with Crippen molar-refractivity contribution in [2.24, 2.45) is 0 Å². The molecule has 1 heterocycles. The zero-order chi connectivity index (χ0) is 19.9. The molecule has 1 aromatic carbocycles. The van der Waals surface area contributed by atoms with E-state index in [-0.39, 0.29) is 6.61 Å². The number of rotatable bonds is 7. The van der Waals surface area contributed by atoms with Gasteiger partial charge in [0.1, 0.15) is 10.8 Å². The summed E-state index contributed by atoms with van der Waals surface area (Å²) in [6, 6.07) is 8.83. The molecule has 0 saturated carbocycles.